The molecule has 0 aliphatic rings. The quantitative estimate of drug-likeness (QED) is 0.672. The minimum Gasteiger partial charge on any atom is -0.324 e. The molecule has 0 saturated heterocycles. The highest BCUT2D eigenvalue weighted by Gasteiger charge is 2.10. The molecule has 19 heavy (non-hydrogen) atoms. The number of hydrogen-bond donors (Lipinski definition) is 0. The Hall–Kier alpha value is -2.09. The summed E-state index contributed by atoms with van der Waals surface area (Å²) >= 11 is 0. The van der Waals surface area contributed by atoms with Crippen LogP contribution in [0.3, 0.4) is 0 Å². The molecule has 0 spiro atoms. The average Bonchev–Trinajstić information content (AvgIpc) is 2.69. The van der Waals surface area contributed by atoms with E-state index in [9.17, 15) is 0 Å². The highest BCUT2D eigenvalue weighted by Crippen LogP contribution is 2.22. The van der Waals surface area contributed by atoms with Gasteiger partial charge in [0.1, 0.15) is 5.82 Å². The van der Waals surface area contributed by atoms with E-state index in [0.29, 0.717) is 0 Å². The van der Waals surface area contributed by atoms with E-state index < -0.39 is 0 Å². The maximum Gasteiger partial charge on any atom is 0.107 e. The molecule has 0 bridgehead atoms. The first-order chi connectivity index (χ1) is 9.15. The fourth-order valence-electron chi connectivity index (χ4n) is 2.65. The van der Waals surface area contributed by atoms with Crippen molar-refractivity contribution in [2.75, 3.05) is 0 Å². The first-order valence-electron chi connectivity index (χ1n) is 6.63. The van der Waals surface area contributed by atoms with Crippen LogP contribution in [0.5, 0.6) is 0 Å². The van der Waals surface area contributed by atoms with E-state index in [1.807, 2.05) is 0 Å². The standard InChI is InChI=1S/C17H18N2/c1-12-9-13(2)17-16(10-12)19(14(3)18-17)11-15-7-5-4-6-8-15/h4-10H,11H2,1-3H3. The third kappa shape index (κ3) is 2.14. The van der Waals surface area contributed by atoms with E-state index in [-0.39, 0.29) is 0 Å². The van der Waals surface area contributed by atoms with Crippen LogP contribution < -0.4 is 0 Å². The number of rotatable bonds is 2. The third-order valence-electron chi connectivity index (χ3n) is 3.56. The van der Waals surface area contributed by atoms with Gasteiger partial charge in [-0.05, 0) is 43.5 Å². The van der Waals surface area contributed by atoms with Crippen LogP contribution in [0.2, 0.25) is 0 Å². The molecule has 0 amide bonds. The Morgan fingerprint density at radius 3 is 2.47 bits per heavy atom. The van der Waals surface area contributed by atoms with Crippen LogP contribution in [0, 0.1) is 20.8 Å². The lowest BCUT2D eigenvalue weighted by molar-refractivity contribution is 0.786. The third-order valence-corrected chi connectivity index (χ3v) is 3.56. The summed E-state index contributed by atoms with van der Waals surface area (Å²) in [6.45, 7) is 7.24. The lowest BCUT2D eigenvalue weighted by Crippen LogP contribution is -2.01. The fraction of sp³-hybridized carbons (Fsp3) is 0.235. The zero-order valence-electron chi connectivity index (χ0n) is 11.6. The number of imidazole rings is 1. The van der Waals surface area contributed by atoms with Crippen LogP contribution in [0.4, 0.5) is 0 Å². The smallest absolute Gasteiger partial charge is 0.107 e. The highest BCUT2D eigenvalue weighted by molar-refractivity contribution is 5.80. The summed E-state index contributed by atoms with van der Waals surface area (Å²) in [6, 6.07) is 15.0. The largest absolute Gasteiger partial charge is 0.324 e. The van der Waals surface area contributed by atoms with E-state index in [0.717, 1.165) is 17.9 Å². The zero-order valence-corrected chi connectivity index (χ0v) is 11.6. The Bertz CT molecular complexity index is 724. The second-order valence-corrected chi connectivity index (χ2v) is 5.18. The van der Waals surface area contributed by atoms with Crippen LogP contribution in [-0.4, -0.2) is 9.55 Å². The topological polar surface area (TPSA) is 17.8 Å². The molecule has 1 heterocycles. The Morgan fingerprint density at radius 1 is 1.00 bits per heavy atom. The summed E-state index contributed by atoms with van der Waals surface area (Å²) in [5, 5.41) is 0. The molecule has 2 heteroatoms. The van der Waals surface area contributed by atoms with Crippen LogP contribution >= 0.6 is 0 Å². The van der Waals surface area contributed by atoms with Gasteiger partial charge in [0, 0.05) is 6.54 Å². The summed E-state index contributed by atoms with van der Waals surface area (Å²) in [4.78, 5) is 4.71. The molecule has 96 valence electrons. The summed E-state index contributed by atoms with van der Waals surface area (Å²) in [6.07, 6.45) is 0. The lowest BCUT2D eigenvalue weighted by Gasteiger charge is -2.08. The molecule has 0 N–H and O–H groups in total. The van der Waals surface area contributed by atoms with Crippen molar-refractivity contribution in [3.05, 3.63) is 65.0 Å². The molecule has 3 rings (SSSR count). The zero-order chi connectivity index (χ0) is 13.4. The molecule has 0 saturated carbocycles. The molecule has 0 fully saturated rings. The molecule has 1 aromatic heterocycles. The van der Waals surface area contributed by atoms with Gasteiger partial charge < -0.3 is 4.57 Å². The molecule has 2 nitrogen and oxygen atoms in total. The highest BCUT2D eigenvalue weighted by atomic mass is 15.1. The molecule has 0 radical (unpaired) electrons. The van der Waals surface area contributed by atoms with Crippen LogP contribution in [0.15, 0.2) is 42.5 Å². The van der Waals surface area contributed by atoms with Crippen molar-refractivity contribution in [1.29, 1.82) is 0 Å². The van der Waals surface area contributed by atoms with E-state index in [2.05, 4.69) is 67.8 Å². The number of fused-ring (bicyclic) bond motifs is 1. The van der Waals surface area contributed by atoms with Crippen LogP contribution in [-0.2, 0) is 6.54 Å². The monoisotopic (exact) mass is 250 g/mol. The summed E-state index contributed by atoms with van der Waals surface area (Å²) in [5.41, 5.74) is 6.21. The van der Waals surface area contributed by atoms with E-state index >= 15 is 0 Å². The lowest BCUT2D eigenvalue weighted by atomic mass is 10.1. The second kappa shape index (κ2) is 4.54. The van der Waals surface area contributed by atoms with Gasteiger partial charge >= 0.3 is 0 Å². The van der Waals surface area contributed by atoms with Crippen molar-refractivity contribution < 1.29 is 0 Å². The maximum atomic E-state index is 4.71. The van der Waals surface area contributed by atoms with Gasteiger partial charge in [0.15, 0.2) is 0 Å². The number of aromatic nitrogens is 2. The summed E-state index contributed by atoms with van der Waals surface area (Å²) in [7, 11) is 0. The van der Waals surface area contributed by atoms with Gasteiger partial charge in [0.2, 0.25) is 0 Å². The van der Waals surface area contributed by atoms with E-state index in [4.69, 9.17) is 4.98 Å². The fourth-order valence-corrected chi connectivity index (χ4v) is 2.65. The number of aryl methyl sites for hydroxylation is 3. The Kier molecular flexibility index (Phi) is 2.86. The summed E-state index contributed by atoms with van der Waals surface area (Å²) < 4.78 is 2.30. The van der Waals surface area contributed by atoms with Gasteiger partial charge in [-0.1, -0.05) is 36.4 Å². The van der Waals surface area contributed by atoms with Crippen molar-refractivity contribution in [3.63, 3.8) is 0 Å². The SMILES string of the molecule is Cc1cc(C)c2nc(C)n(Cc3ccccc3)c2c1. The van der Waals surface area contributed by atoms with Gasteiger partial charge in [-0.15, -0.1) is 0 Å². The molecule has 2 aromatic carbocycles. The molecule has 0 aliphatic carbocycles. The first-order valence-corrected chi connectivity index (χ1v) is 6.63. The minimum absolute atomic E-state index is 0.881. The maximum absolute atomic E-state index is 4.71. The first kappa shape index (κ1) is 12.0. The average molecular weight is 250 g/mol. The summed E-state index contributed by atoms with van der Waals surface area (Å²) in [5.74, 6) is 1.08. The number of benzene rings is 2. The van der Waals surface area contributed by atoms with Crippen molar-refractivity contribution in [1.82, 2.24) is 9.55 Å². The predicted molar refractivity (Wildman–Crippen MR) is 79.5 cm³/mol. The normalized spacial score (nSPS) is 11.1. The molecule has 3 aromatic rings. The van der Waals surface area contributed by atoms with E-state index in [1.165, 1.54) is 22.2 Å². The molecule has 0 atom stereocenters. The van der Waals surface area contributed by atoms with Crippen molar-refractivity contribution in [3.8, 4) is 0 Å². The van der Waals surface area contributed by atoms with Crippen LogP contribution in [0.25, 0.3) is 11.0 Å². The number of nitrogens with zero attached hydrogens (tertiary/aromatic N) is 2. The van der Waals surface area contributed by atoms with Crippen molar-refractivity contribution >= 4 is 11.0 Å². The molecular weight excluding hydrogens is 232 g/mol. The van der Waals surface area contributed by atoms with Crippen molar-refractivity contribution in [2.24, 2.45) is 0 Å². The van der Waals surface area contributed by atoms with Gasteiger partial charge in [-0.3, -0.25) is 0 Å². The molecule has 0 aliphatic heterocycles. The Labute approximate surface area is 113 Å². The predicted octanol–water partition coefficient (Wildman–Crippen LogP) is 4.01. The van der Waals surface area contributed by atoms with Gasteiger partial charge in [0.25, 0.3) is 0 Å². The van der Waals surface area contributed by atoms with Gasteiger partial charge in [-0.25, -0.2) is 4.98 Å². The Morgan fingerprint density at radius 2 is 1.74 bits per heavy atom. The molecular formula is C17H18N2. The molecule has 0 unspecified atom stereocenters. The Balaban J connectivity index is 2.15. The van der Waals surface area contributed by atoms with E-state index in [1.54, 1.807) is 0 Å². The van der Waals surface area contributed by atoms with Gasteiger partial charge in [0.05, 0.1) is 11.0 Å². The number of hydrogen-bond acceptors (Lipinski definition) is 1. The van der Waals surface area contributed by atoms with Gasteiger partial charge in [-0.2, -0.15) is 0 Å². The van der Waals surface area contributed by atoms with Crippen molar-refractivity contribution in [2.45, 2.75) is 27.3 Å². The minimum atomic E-state index is 0.881. The van der Waals surface area contributed by atoms with Crippen LogP contribution in [0.1, 0.15) is 22.5 Å². The second-order valence-electron chi connectivity index (χ2n) is 5.18.